The molecule has 128 valence electrons. The number of carbonyl (C=O) groups is 3. The predicted octanol–water partition coefficient (Wildman–Crippen LogP) is 2.95. The fourth-order valence-corrected chi connectivity index (χ4v) is 3.53. The van der Waals surface area contributed by atoms with Gasteiger partial charge in [0.1, 0.15) is 0 Å². The zero-order chi connectivity index (χ0) is 17.8. The smallest absolute Gasteiger partial charge is 0.261 e. The SMILES string of the molecule is C=CCN(Cc1cccs1)C(=O)CCN1C(=O)c2ccccc2C1=O. The molecule has 1 aliphatic heterocycles. The van der Waals surface area contributed by atoms with Crippen LogP contribution in [-0.4, -0.2) is 40.6 Å². The van der Waals surface area contributed by atoms with Gasteiger partial charge in [-0.1, -0.05) is 24.3 Å². The lowest BCUT2D eigenvalue weighted by molar-refractivity contribution is -0.131. The van der Waals surface area contributed by atoms with E-state index in [0.29, 0.717) is 24.2 Å². The van der Waals surface area contributed by atoms with Gasteiger partial charge in [-0.25, -0.2) is 0 Å². The van der Waals surface area contributed by atoms with Crippen LogP contribution >= 0.6 is 11.3 Å². The van der Waals surface area contributed by atoms with Gasteiger partial charge in [-0.15, -0.1) is 17.9 Å². The largest absolute Gasteiger partial charge is 0.334 e. The lowest BCUT2D eigenvalue weighted by atomic mass is 10.1. The Morgan fingerprint density at radius 1 is 1.12 bits per heavy atom. The van der Waals surface area contributed by atoms with Crippen LogP contribution in [0.3, 0.4) is 0 Å². The van der Waals surface area contributed by atoms with Gasteiger partial charge in [0, 0.05) is 24.4 Å². The summed E-state index contributed by atoms with van der Waals surface area (Å²) < 4.78 is 0. The molecular formula is C19H18N2O3S. The zero-order valence-corrected chi connectivity index (χ0v) is 14.5. The van der Waals surface area contributed by atoms with E-state index in [1.165, 1.54) is 0 Å². The highest BCUT2D eigenvalue weighted by molar-refractivity contribution is 7.09. The Balaban J connectivity index is 1.64. The van der Waals surface area contributed by atoms with E-state index in [2.05, 4.69) is 6.58 Å². The maximum absolute atomic E-state index is 12.5. The number of imide groups is 1. The topological polar surface area (TPSA) is 57.7 Å². The minimum Gasteiger partial charge on any atom is -0.334 e. The molecule has 0 saturated heterocycles. The minimum atomic E-state index is -0.332. The molecule has 1 aromatic carbocycles. The number of carbonyl (C=O) groups excluding carboxylic acids is 3. The highest BCUT2D eigenvalue weighted by atomic mass is 32.1. The number of hydrogen-bond donors (Lipinski definition) is 0. The van der Waals surface area contributed by atoms with Crippen LogP contribution in [0, 0.1) is 0 Å². The summed E-state index contributed by atoms with van der Waals surface area (Å²) in [5.41, 5.74) is 0.808. The van der Waals surface area contributed by atoms with Crippen molar-refractivity contribution in [2.45, 2.75) is 13.0 Å². The molecule has 6 heteroatoms. The van der Waals surface area contributed by atoms with E-state index in [9.17, 15) is 14.4 Å². The van der Waals surface area contributed by atoms with E-state index in [0.717, 1.165) is 9.78 Å². The van der Waals surface area contributed by atoms with Gasteiger partial charge in [-0.2, -0.15) is 0 Å². The third-order valence-corrected chi connectivity index (χ3v) is 4.92. The van der Waals surface area contributed by atoms with Gasteiger partial charge in [-0.3, -0.25) is 19.3 Å². The second kappa shape index (κ2) is 7.44. The molecule has 2 aromatic rings. The molecule has 0 spiro atoms. The van der Waals surface area contributed by atoms with E-state index in [-0.39, 0.29) is 30.7 Å². The first-order valence-corrected chi connectivity index (χ1v) is 8.86. The fraction of sp³-hybridized carbons (Fsp3) is 0.211. The van der Waals surface area contributed by atoms with Crippen molar-refractivity contribution in [3.63, 3.8) is 0 Å². The number of benzene rings is 1. The Kier molecular flexibility index (Phi) is 5.09. The summed E-state index contributed by atoms with van der Waals surface area (Å²) in [7, 11) is 0. The summed E-state index contributed by atoms with van der Waals surface area (Å²) in [5, 5.41) is 1.96. The number of rotatable bonds is 7. The van der Waals surface area contributed by atoms with Crippen LogP contribution in [0.1, 0.15) is 32.0 Å². The number of thiophene rings is 1. The van der Waals surface area contributed by atoms with Gasteiger partial charge in [0.2, 0.25) is 5.91 Å². The predicted molar refractivity (Wildman–Crippen MR) is 96.4 cm³/mol. The molecule has 0 saturated carbocycles. The summed E-state index contributed by atoms with van der Waals surface area (Å²) in [6, 6.07) is 10.6. The van der Waals surface area contributed by atoms with Gasteiger partial charge in [0.15, 0.2) is 0 Å². The molecule has 0 atom stereocenters. The Labute approximate surface area is 150 Å². The van der Waals surface area contributed by atoms with Crippen molar-refractivity contribution in [3.05, 3.63) is 70.4 Å². The van der Waals surface area contributed by atoms with Crippen molar-refractivity contribution in [2.75, 3.05) is 13.1 Å². The van der Waals surface area contributed by atoms with E-state index in [1.54, 1.807) is 46.6 Å². The van der Waals surface area contributed by atoms with Crippen LogP contribution in [0.4, 0.5) is 0 Å². The van der Waals surface area contributed by atoms with E-state index >= 15 is 0 Å². The minimum absolute atomic E-state index is 0.0866. The van der Waals surface area contributed by atoms with E-state index in [1.807, 2.05) is 17.5 Å². The molecule has 5 nitrogen and oxygen atoms in total. The van der Waals surface area contributed by atoms with Gasteiger partial charge in [0.25, 0.3) is 11.8 Å². The van der Waals surface area contributed by atoms with Crippen molar-refractivity contribution < 1.29 is 14.4 Å². The van der Waals surface area contributed by atoms with Gasteiger partial charge in [0.05, 0.1) is 17.7 Å². The molecule has 3 amide bonds. The Morgan fingerprint density at radius 2 is 1.80 bits per heavy atom. The zero-order valence-electron chi connectivity index (χ0n) is 13.7. The quantitative estimate of drug-likeness (QED) is 0.567. The highest BCUT2D eigenvalue weighted by Gasteiger charge is 2.35. The molecule has 2 heterocycles. The summed E-state index contributed by atoms with van der Waals surface area (Å²) >= 11 is 1.58. The molecule has 3 rings (SSSR count). The van der Waals surface area contributed by atoms with E-state index in [4.69, 9.17) is 0 Å². The summed E-state index contributed by atoms with van der Waals surface area (Å²) in [6.07, 6.45) is 1.78. The molecule has 25 heavy (non-hydrogen) atoms. The van der Waals surface area contributed by atoms with Crippen molar-refractivity contribution >= 4 is 29.1 Å². The van der Waals surface area contributed by atoms with Crippen molar-refractivity contribution in [1.29, 1.82) is 0 Å². The molecule has 0 unspecified atom stereocenters. The van der Waals surface area contributed by atoms with Crippen LogP contribution < -0.4 is 0 Å². The van der Waals surface area contributed by atoms with Crippen molar-refractivity contribution in [3.8, 4) is 0 Å². The second-order valence-corrected chi connectivity index (χ2v) is 6.73. The van der Waals surface area contributed by atoms with Crippen LogP contribution in [0.5, 0.6) is 0 Å². The Hall–Kier alpha value is -2.73. The lowest BCUT2D eigenvalue weighted by Crippen LogP contribution is -2.36. The van der Waals surface area contributed by atoms with E-state index < -0.39 is 0 Å². The summed E-state index contributed by atoms with van der Waals surface area (Å²) in [6.45, 7) is 4.71. The summed E-state index contributed by atoms with van der Waals surface area (Å²) in [5.74, 6) is -0.770. The monoisotopic (exact) mass is 354 g/mol. The molecule has 1 aromatic heterocycles. The second-order valence-electron chi connectivity index (χ2n) is 5.70. The average Bonchev–Trinajstić information content (AvgIpc) is 3.21. The van der Waals surface area contributed by atoms with Gasteiger partial charge >= 0.3 is 0 Å². The maximum Gasteiger partial charge on any atom is 0.261 e. The molecular weight excluding hydrogens is 336 g/mol. The molecule has 0 aliphatic carbocycles. The van der Waals surface area contributed by atoms with Crippen molar-refractivity contribution in [1.82, 2.24) is 9.80 Å². The first-order valence-electron chi connectivity index (χ1n) is 7.98. The maximum atomic E-state index is 12.5. The van der Waals surface area contributed by atoms with Crippen molar-refractivity contribution in [2.24, 2.45) is 0 Å². The van der Waals surface area contributed by atoms with Gasteiger partial charge in [-0.05, 0) is 23.6 Å². The number of nitrogens with zero attached hydrogens (tertiary/aromatic N) is 2. The molecule has 0 N–H and O–H groups in total. The third kappa shape index (κ3) is 3.53. The molecule has 0 radical (unpaired) electrons. The molecule has 0 fully saturated rings. The normalized spacial score (nSPS) is 13.0. The third-order valence-electron chi connectivity index (χ3n) is 4.06. The first kappa shape index (κ1) is 17.1. The number of hydrogen-bond acceptors (Lipinski definition) is 4. The van der Waals surface area contributed by atoms with Crippen LogP contribution in [-0.2, 0) is 11.3 Å². The number of amides is 3. The summed E-state index contributed by atoms with van der Waals surface area (Å²) in [4.78, 5) is 41.1. The Morgan fingerprint density at radius 3 is 2.36 bits per heavy atom. The highest BCUT2D eigenvalue weighted by Crippen LogP contribution is 2.22. The standard InChI is InChI=1S/C19H18N2O3S/c1-2-10-20(13-14-6-5-12-25-14)17(22)9-11-21-18(23)15-7-3-4-8-16(15)19(21)24/h2-8,12H,1,9-11,13H2. The molecule has 0 bridgehead atoms. The van der Waals surface area contributed by atoms with Crippen LogP contribution in [0.15, 0.2) is 54.4 Å². The van der Waals surface area contributed by atoms with Gasteiger partial charge < -0.3 is 4.90 Å². The average molecular weight is 354 g/mol. The lowest BCUT2D eigenvalue weighted by Gasteiger charge is -2.22. The fourth-order valence-electron chi connectivity index (χ4n) is 2.81. The first-order chi connectivity index (χ1) is 12.1. The Bertz CT molecular complexity index is 779. The van der Waals surface area contributed by atoms with Crippen LogP contribution in [0.25, 0.3) is 0 Å². The van der Waals surface area contributed by atoms with Crippen LogP contribution in [0.2, 0.25) is 0 Å². The number of fused-ring (bicyclic) bond motifs is 1. The molecule has 1 aliphatic rings.